The van der Waals surface area contributed by atoms with E-state index in [0.717, 1.165) is 0 Å². The summed E-state index contributed by atoms with van der Waals surface area (Å²) in [4.78, 5) is 0. The van der Waals surface area contributed by atoms with Gasteiger partial charge < -0.3 is 35.4 Å². The van der Waals surface area contributed by atoms with Crippen molar-refractivity contribution in [2.75, 3.05) is 6.61 Å². The van der Waals surface area contributed by atoms with Crippen LogP contribution in [0.1, 0.15) is 20.3 Å². The van der Waals surface area contributed by atoms with E-state index in [2.05, 4.69) is 0 Å². The molecule has 0 saturated carbocycles. The molecule has 8 atom stereocenters. The number of aliphatic hydroxyl groups excluding tert-OH is 6. The van der Waals surface area contributed by atoms with E-state index in [1.54, 1.807) is 19.9 Å². The van der Waals surface area contributed by atoms with Gasteiger partial charge in [-0.1, -0.05) is 26.0 Å². The maximum atomic E-state index is 9.85. The van der Waals surface area contributed by atoms with Gasteiger partial charge >= 0.3 is 0 Å². The minimum Gasteiger partial charge on any atom is -0.394 e. The smallest absolute Gasteiger partial charge is 0.112 e. The van der Waals surface area contributed by atoms with Gasteiger partial charge in [0.25, 0.3) is 0 Å². The van der Waals surface area contributed by atoms with E-state index in [0.29, 0.717) is 6.42 Å². The second-order valence-electron chi connectivity index (χ2n) is 5.50. The highest BCUT2D eigenvalue weighted by molar-refractivity contribution is 5.04. The maximum Gasteiger partial charge on any atom is 0.112 e. The Balaban J connectivity index is 2.69. The van der Waals surface area contributed by atoms with Gasteiger partial charge in [-0.25, -0.2) is 0 Å². The standard InChI is InChI=1S/C14H26O7/c1-3-8(16)11(17)7(2)4-5-9-12(18)14(20)13(19)10(6-15)21-9/h4-5,7-20H,3,6H2,1-2H3/b5-4-/t7-,8+,9-,10?,11-,12?,13-,14?/m0/s1. The van der Waals surface area contributed by atoms with Crippen molar-refractivity contribution in [3.63, 3.8) is 0 Å². The summed E-state index contributed by atoms with van der Waals surface area (Å²) in [6.07, 6.45) is -4.37. The zero-order valence-electron chi connectivity index (χ0n) is 12.3. The summed E-state index contributed by atoms with van der Waals surface area (Å²) in [6.45, 7) is 2.97. The van der Waals surface area contributed by atoms with Crippen molar-refractivity contribution < 1.29 is 35.4 Å². The van der Waals surface area contributed by atoms with Crippen molar-refractivity contribution in [3.05, 3.63) is 12.2 Å². The molecule has 3 unspecified atom stereocenters. The normalized spacial score (nSPS) is 38.4. The third-order valence-electron chi connectivity index (χ3n) is 3.88. The van der Waals surface area contributed by atoms with Crippen LogP contribution in [0.5, 0.6) is 0 Å². The molecule has 0 aliphatic carbocycles. The van der Waals surface area contributed by atoms with Crippen LogP contribution in [0.2, 0.25) is 0 Å². The van der Waals surface area contributed by atoms with Crippen molar-refractivity contribution in [2.24, 2.45) is 5.92 Å². The summed E-state index contributed by atoms with van der Waals surface area (Å²) in [5.74, 6) is -0.382. The van der Waals surface area contributed by atoms with Crippen molar-refractivity contribution in [3.8, 4) is 0 Å². The predicted octanol–water partition coefficient (Wildman–Crippen LogP) is -1.85. The fraction of sp³-hybridized carbons (Fsp3) is 0.857. The maximum absolute atomic E-state index is 9.85. The fourth-order valence-electron chi connectivity index (χ4n) is 2.28. The van der Waals surface area contributed by atoms with E-state index < -0.39 is 49.3 Å². The van der Waals surface area contributed by atoms with Crippen molar-refractivity contribution in [1.82, 2.24) is 0 Å². The molecule has 1 heterocycles. The van der Waals surface area contributed by atoms with Crippen LogP contribution in [0.3, 0.4) is 0 Å². The van der Waals surface area contributed by atoms with Crippen LogP contribution in [0.4, 0.5) is 0 Å². The highest BCUT2D eigenvalue weighted by Gasteiger charge is 2.42. The number of ether oxygens (including phenoxy) is 1. The molecule has 1 fully saturated rings. The van der Waals surface area contributed by atoms with Crippen LogP contribution < -0.4 is 0 Å². The minimum atomic E-state index is -1.42. The Morgan fingerprint density at radius 2 is 1.71 bits per heavy atom. The molecule has 1 saturated heterocycles. The van der Waals surface area contributed by atoms with E-state index in [9.17, 15) is 25.5 Å². The van der Waals surface area contributed by atoms with E-state index >= 15 is 0 Å². The van der Waals surface area contributed by atoms with Crippen molar-refractivity contribution in [1.29, 1.82) is 0 Å². The highest BCUT2D eigenvalue weighted by atomic mass is 16.5. The molecule has 0 bridgehead atoms. The molecule has 7 nitrogen and oxygen atoms in total. The molecule has 0 aromatic rings. The monoisotopic (exact) mass is 306 g/mol. The highest BCUT2D eigenvalue weighted by Crippen LogP contribution is 2.23. The zero-order valence-corrected chi connectivity index (χ0v) is 12.3. The van der Waals surface area contributed by atoms with Gasteiger partial charge in [-0.05, 0) is 6.42 Å². The van der Waals surface area contributed by atoms with Gasteiger partial charge in [0, 0.05) is 5.92 Å². The van der Waals surface area contributed by atoms with Gasteiger partial charge in [0.15, 0.2) is 0 Å². The van der Waals surface area contributed by atoms with Crippen LogP contribution in [0, 0.1) is 5.92 Å². The summed E-state index contributed by atoms with van der Waals surface area (Å²) in [6, 6.07) is 0. The fourth-order valence-corrected chi connectivity index (χ4v) is 2.28. The van der Waals surface area contributed by atoms with E-state index in [1.165, 1.54) is 6.08 Å². The molecule has 6 N–H and O–H groups in total. The van der Waals surface area contributed by atoms with Crippen molar-refractivity contribution >= 4 is 0 Å². The molecule has 21 heavy (non-hydrogen) atoms. The lowest BCUT2D eigenvalue weighted by Crippen LogP contribution is -2.57. The molecule has 1 rings (SSSR count). The second-order valence-corrected chi connectivity index (χ2v) is 5.50. The van der Waals surface area contributed by atoms with Gasteiger partial charge in [0.2, 0.25) is 0 Å². The Morgan fingerprint density at radius 3 is 2.24 bits per heavy atom. The molecular formula is C14H26O7. The van der Waals surface area contributed by atoms with Crippen LogP contribution in [-0.2, 0) is 4.74 Å². The van der Waals surface area contributed by atoms with Gasteiger partial charge in [0.05, 0.1) is 18.8 Å². The molecule has 0 aromatic heterocycles. The largest absolute Gasteiger partial charge is 0.394 e. The summed E-state index contributed by atoms with van der Waals surface area (Å²) >= 11 is 0. The van der Waals surface area contributed by atoms with Crippen molar-refractivity contribution in [2.45, 2.75) is 63.0 Å². The Labute approximate surface area is 124 Å². The minimum absolute atomic E-state index is 0.382. The Morgan fingerprint density at radius 1 is 1.10 bits per heavy atom. The molecular weight excluding hydrogens is 280 g/mol. The van der Waals surface area contributed by atoms with Gasteiger partial charge in [-0.15, -0.1) is 0 Å². The number of aliphatic hydroxyl groups is 6. The van der Waals surface area contributed by atoms with Crippen LogP contribution in [0.25, 0.3) is 0 Å². The average Bonchev–Trinajstić information content (AvgIpc) is 2.50. The molecule has 7 heteroatoms. The van der Waals surface area contributed by atoms with Gasteiger partial charge in [-0.2, -0.15) is 0 Å². The molecule has 1 aliphatic rings. The lowest BCUT2D eigenvalue weighted by molar-refractivity contribution is -0.216. The summed E-state index contributed by atoms with van der Waals surface area (Å²) < 4.78 is 5.31. The van der Waals surface area contributed by atoms with Gasteiger partial charge in [-0.3, -0.25) is 0 Å². The Bertz CT molecular complexity index is 333. The van der Waals surface area contributed by atoms with Gasteiger partial charge in [0.1, 0.15) is 30.5 Å². The van der Waals surface area contributed by atoms with Crippen LogP contribution >= 0.6 is 0 Å². The van der Waals surface area contributed by atoms with E-state index in [-0.39, 0.29) is 5.92 Å². The first-order chi connectivity index (χ1) is 9.83. The first kappa shape index (κ1) is 18.5. The van der Waals surface area contributed by atoms with E-state index in [1.807, 2.05) is 0 Å². The number of rotatable bonds is 6. The SMILES string of the molecule is CC[C@@H](O)[C@@H](O)[C@@H](C)/C=C\[C@@H]1OC(CO)[C@H](O)C(O)C1O. The third-order valence-corrected chi connectivity index (χ3v) is 3.88. The molecule has 0 spiro atoms. The first-order valence-corrected chi connectivity index (χ1v) is 7.18. The molecule has 0 radical (unpaired) electrons. The molecule has 124 valence electrons. The topological polar surface area (TPSA) is 131 Å². The van der Waals surface area contributed by atoms with E-state index in [4.69, 9.17) is 9.84 Å². The first-order valence-electron chi connectivity index (χ1n) is 7.18. The second kappa shape index (κ2) is 8.19. The Hall–Kier alpha value is -0.540. The average molecular weight is 306 g/mol. The Kier molecular flexibility index (Phi) is 7.22. The van der Waals surface area contributed by atoms with Crippen LogP contribution in [0.15, 0.2) is 12.2 Å². The number of hydrogen-bond donors (Lipinski definition) is 6. The summed E-state index contributed by atoms with van der Waals surface area (Å²) in [7, 11) is 0. The van der Waals surface area contributed by atoms with Crippen LogP contribution in [-0.4, -0.2) is 80.0 Å². The predicted molar refractivity (Wildman–Crippen MR) is 74.4 cm³/mol. The summed E-state index contributed by atoms with van der Waals surface area (Å²) in [5.41, 5.74) is 0. The zero-order chi connectivity index (χ0) is 16.2. The quantitative estimate of drug-likeness (QED) is 0.318. The molecule has 0 amide bonds. The molecule has 1 aliphatic heterocycles. The summed E-state index contributed by atoms with van der Waals surface area (Å²) in [5, 5.41) is 57.6. The lowest BCUT2D eigenvalue weighted by atomic mass is 9.93. The molecule has 0 aromatic carbocycles. The lowest BCUT2D eigenvalue weighted by Gasteiger charge is -2.39. The number of hydrogen-bond acceptors (Lipinski definition) is 7. The third kappa shape index (κ3) is 4.46.